The number of nitrogens with zero attached hydrogens (tertiary/aromatic N) is 1. The van der Waals surface area contributed by atoms with Crippen LogP contribution in [0.25, 0.3) is 0 Å². The van der Waals surface area contributed by atoms with E-state index in [-0.39, 0.29) is 6.42 Å². The van der Waals surface area contributed by atoms with Crippen LogP contribution in [0, 0.1) is 6.92 Å². The zero-order valence-electron chi connectivity index (χ0n) is 9.97. The van der Waals surface area contributed by atoms with Crippen LogP contribution >= 0.6 is 22.7 Å². The summed E-state index contributed by atoms with van der Waals surface area (Å²) in [7, 11) is 0. The molecule has 0 unspecified atom stereocenters. The molecule has 0 fully saturated rings. The van der Waals surface area contributed by atoms with Crippen LogP contribution in [0.3, 0.4) is 0 Å². The minimum Gasteiger partial charge on any atom is -0.481 e. The number of carboxylic acid groups (broad SMARTS) is 1. The van der Waals surface area contributed by atoms with Crippen LogP contribution in [0.4, 0.5) is 0 Å². The average Bonchev–Trinajstić information content (AvgIpc) is 2.89. The molecule has 0 aliphatic carbocycles. The molecule has 6 heteroatoms. The molecule has 2 N–H and O–H groups in total. The van der Waals surface area contributed by atoms with Crippen molar-refractivity contribution in [1.29, 1.82) is 0 Å². The third-order valence-corrected chi connectivity index (χ3v) is 4.38. The Balaban J connectivity index is 1.82. The third kappa shape index (κ3) is 3.63. The van der Waals surface area contributed by atoms with Crippen LogP contribution in [0.5, 0.6) is 0 Å². The quantitative estimate of drug-likeness (QED) is 0.854. The van der Waals surface area contributed by atoms with Gasteiger partial charge in [-0.25, -0.2) is 4.98 Å². The standard InChI is InChI=1S/C12H14N2O2S2/c1-8-2-3-17-10(8)5-13-6-11-14-9(7-18-11)4-12(15)16/h2-3,7,13H,4-6H2,1H3,(H,15,16). The SMILES string of the molecule is Cc1ccsc1CNCc1nc(CC(=O)O)cs1. The molecular formula is C12H14N2O2S2. The summed E-state index contributed by atoms with van der Waals surface area (Å²) >= 11 is 3.24. The minimum atomic E-state index is -0.839. The number of carbonyl (C=O) groups is 1. The van der Waals surface area contributed by atoms with Gasteiger partial charge >= 0.3 is 5.97 Å². The van der Waals surface area contributed by atoms with Crippen molar-refractivity contribution in [1.82, 2.24) is 10.3 Å². The topological polar surface area (TPSA) is 62.2 Å². The number of aliphatic carboxylic acids is 1. The molecule has 0 bridgehead atoms. The fraction of sp³-hybridized carbons (Fsp3) is 0.333. The third-order valence-electron chi connectivity index (χ3n) is 2.46. The van der Waals surface area contributed by atoms with Gasteiger partial charge in [0.2, 0.25) is 0 Å². The van der Waals surface area contributed by atoms with Crippen molar-refractivity contribution in [3.8, 4) is 0 Å². The highest BCUT2D eigenvalue weighted by Gasteiger charge is 2.06. The van der Waals surface area contributed by atoms with Gasteiger partial charge in [0.25, 0.3) is 0 Å². The van der Waals surface area contributed by atoms with Gasteiger partial charge < -0.3 is 10.4 Å². The number of nitrogens with one attached hydrogen (secondary N) is 1. The van der Waals surface area contributed by atoms with Gasteiger partial charge in [0, 0.05) is 23.3 Å². The summed E-state index contributed by atoms with van der Waals surface area (Å²) in [5, 5.41) is 16.8. The Bertz CT molecular complexity index is 534. The molecule has 0 aliphatic heterocycles. The van der Waals surface area contributed by atoms with Crippen LogP contribution in [-0.2, 0) is 24.3 Å². The van der Waals surface area contributed by atoms with Crippen LogP contribution < -0.4 is 5.32 Å². The Morgan fingerprint density at radius 2 is 2.28 bits per heavy atom. The molecule has 0 saturated heterocycles. The van der Waals surface area contributed by atoms with Gasteiger partial charge in [0.1, 0.15) is 5.01 Å². The number of hydrogen-bond acceptors (Lipinski definition) is 5. The van der Waals surface area contributed by atoms with E-state index < -0.39 is 5.97 Å². The first kappa shape index (κ1) is 13.2. The number of carboxylic acids is 1. The Morgan fingerprint density at radius 1 is 1.44 bits per heavy atom. The molecule has 0 saturated carbocycles. The highest BCUT2D eigenvalue weighted by Crippen LogP contribution is 2.15. The van der Waals surface area contributed by atoms with Crippen molar-refractivity contribution in [2.75, 3.05) is 0 Å². The maximum absolute atomic E-state index is 10.5. The average molecular weight is 282 g/mol. The molecule has 2 heterocycles. The highest BCUT2D eigenvalue weighted by atomic mass is 32.1. The van der Waals surface area contributed by atoms with Gasteiger partial charge in [-0.2, -0.15) is 0 Å². The number of hydrogen-bond donors (Lipinski definition) is 2. The molecule has 2 rings (SSSR count). The van der Waals surface area contributed by atoms with E-state index in [0.29, 0.717) is 12.2 Å². The summed E-state index contributed by atoms with van der Waals surface area (Å²) in [5.41, 5.74) is 1.94. The molecule has 2 aromatic heterocycles. The first-order chi connectivity index (χ1) is 8.65. The van der Waals surface area contributed by atoms with E-state index in [9.17, 15) is 4.79 Å². The number of rotatable bonds is 6. The summed E-state index contributed by atoms with van der Waals surface area (Å²) in [6.45, 7) is 3.61. The normalized spacial score (nSPS) is 10.7. The molecule has 0 aromatic carbocycles. The minimum absolute atomic E-state index is 0.000529. The van der Waals surface area contributed by atoms with E-state index in [1.165, 1.54) is 21.8 Å². The van der Waals surface area contributed by atoms with E-state index in [1.807, 2.05) is 5.38 Å². The van der Waals surface area contributed by atoms with Gasteiger partial charge in [-0.3, -0.25) is 4.79 Å². The van der Waals surface area contributed by atoms with Crippen molar-refractivity contribution < 1.29 is 9.90 Å². The van der Waals surface area contributed by atoms with Gasteiger partial charge in [-0.05, 0) is 23.9 Å². The molecule has 2 aromatic rings. The molecule has 0 aliphatic rings. The molecule has 18 heavy (non-hydrogen) atoms. The maximum Gasteiger partial charge on any atom is 0.309 e. The van der Waals surface area contributed by atoms with Crippen molar-refractivity contribution in [2.24, 2.45) is 0 Å². The lowest BCUT2D eigenvalue weighted by molar-refractivity contribution is -0.136. The Kier molecular flexibility index (Phi) is 4.46. The van der Waals surface area contributed by atoms with Crippen LogP contribution in [-0.4, -0.2) is 16.1 Å². The van der Waals surface area contributed by atoms with Crippen LogP contribution in [0.2, 0.25) is 0 Å². The second-order valence-corrected chi connectivity index (χ2v) is 5.88. The summed E-state index contributed by atoms with van der Waals surface area (Å²) in [6, 6.07) is 2.11. The van der Waals surface area contributed by atoms with E-state index in [2.05, 4.69) is 28.7 Å². The van der Waals surface area contributed by atoms with E-state index in [1.54, 1.807) is 11.3 Å². The fourth-order valence-electron chi connectivity index (χ4n) is 1.53. The molecule has 0 radical (unpaired) electrons. The number of aryl methyl sites for hydroxylation is 1. The first-order valence-electron chi connectivity index (χ1n) is 5.54. The van der Waals surface area contributed by atoms with Gasteiger partial charge in [-0.1, -0.05) is 0 Å². The lowest BCUT2D eigenvalue weighted by atomic mass is 10.3. The lowest BCUT2D eigenvalue weighted by Crippen LogP contribution is -2.12. The summed E-state index contributed by atoms with van der Waals surface area (Å²) in [5.74, 6) is -0.839. The van der Waals surface area contributed by atoms with Gasteiger partial charge in [0.05, 0.1) is 12.1 Å². The second kappa shape index (κ2) is 6.08. The summed E-state index contributed by atoms with van der Waals surface area (Å²) < 4.78 is 0. The van der Waals surface area contributed by atoms with Gasteiger partial charge in [-0.15, -0.1) is 22.7 Å². The monoisotopic (exact) mass is 282 g/mol. The Morgan fingerprint density at radius 3 is 2.94 bits per heavy atom. The van der Waals surface area contributed by atoms with E-state index in [0.717, 1.165) is 11.6 Å². The molecule has 4 nitrogen and oxygen atoms in total. The zero-order chi connectivity index (χ0) is 13.0. The summed E-state index contributed by atoms with van der Waals surface area (Å²) in [4.78, 5) is 16.1. The van der Waals surface area contributed by atoms with Crippen molar-refractivity contribution in [3.63, 3.8) is 0 Å². The smallest absolute Gasteiger partial charge is 0.309 e. The second-order valence-electron chi connectivity index (χ2n) is 3.93. The molecule has 0 atom stereocenters. The number of thiazole rings is 1. The highest BCUT2D eigenvalue weighted by molar-refractivity contribution is 7.10. The lowest BCUT2D eigenvalue weighted by Gasteiger charge is -2.01. The van der Waals surface area contributed by atoms with E-state index >= 15 is 0 Å². The fourth-order valence-corrected chi connectivity index (χ4v) is 3.17. The summed E-state index contributed by atoms with van der Waals surface area (Å²) in [6.07, 6.45) is 0.000529. The Labute approximate surface area is 113 Å². The zero-order valence-corrected chi connectivity index (χ0v) is 11.6. The predicted molar refractivity (Wildman–Crippen MR) is 73.1 cm³/mol. The molecule has 0 amide bonds. The van der Waals surface area contributed by atoms with Crippen LogP contribution in [0.15, 0.2) is 16.8 Å². The largest absolute Gasteiger partial charge is 0.481 e. The van der Waals surface area contributed by atoms with Crippen molar-refractivity contribution >= 4 is 28.6 Å². The van der Waals surface area contributed by atoms with Crippen LogP contribution in [0.1, 0.15) is 21.1 Å². The number of thiophene rings is 1. The number of aromatic nitrogens is 1. The first-order valence-corrected chi connectivity index (χ1v) is 7.30. The molecular weight excluding hydrogens is 268 g/mol. The van der Waals surface area contributed by atoms with Crippen molar-refractivity contribution in [3.05, 3.63) is 38.0 Å². The van der Waals surface area contributed by atoms with E-state index in [4.69, 9.17) is 5.11 Å². The Hall–Kier alpha value is -1.24. The van der Waals surface area contributed by atoms with Crippen molar-refractivity contribution in [2.45, 2.75) is 26.4 Å². The molecule has 0 spiro atoms. The maximum atomic E-state index is 10.5. The van der Waals surface area contributed by atoms with Gasteiger partial charge in [0.15, 0.2) is 0 Å². The molecule has 96 valence electrons. The predicted octanol–water partition coefficient (Wildman–Crippen LogP) is 2.43.